The van der Waals surface area contributed by atoms with Crippen LogP contribution in [0.3, 0.4) is 0 Å². The van der Waals surface area contributed by atoms with E-state index in [2.05, 4.69) is 15.3 Å². The minimum atomic E-state index is -0.742. The SMILES string of the molecule is O=C(NCC(O)Cc1ccc(F)cc1)c1cnc2[nH]ccc2c1. The Morgan fingerprint density at radius 2 is 2.09 bits per heavy atom. The van der Waals surface area contributed by atoms with Crippen LogP contribution in [0.25, 0.3) is 11.0 Å². The standard InChI is InChI=1S/C17H16FN3O2/c18-14-3-1-11(2-4-14)7-15(22)10-21-17(23)13-8-12-5-6-19-16(12)20-9-13/h1-6,8-9,15,22H,7,10H2,(H,19,20)(H,21,23). The number of aliphatic hydroxyl groups excluding tert-OH is 1. The number of carbonyl (C=O) groups is 1. The number of aliphatic hydroxyl groups is 1. The fourth-order valence-corrected chi connectivity index (χ4v) is 2.34. The second kappa shape index (κ2) is 6.58. The number of hydrogen-bond donors (Lipinski definition) is 3. The molecule has 0 aliphatic carbocycles. The number of hydrogen-bond acceptors (Lipinski definition) is 3. The smallest absolute Gasteiger partial charge is 0.252 e. The lowest BCUT2D eigenvalue weighted by Gasteiger charge is -2.12. The summed E-state index contributed by atoms with van der Waals surface area (Å²) in [6.45, 7) is 0.112. The number of rotatable bonds is 5. The Hall–Kier alpha value is -2.73. The van der Waals surface area contributed by atoms with Gasteiger partial charge in [0, 0.05) is 30.7 Å². The third kappa shape index (κ3) is 3.73. The van der Waals surface area contributed by atoms with Gasteiger partial charge < -0.3 is 15.4 Å². The Bertz CT molecular complexity index is 814. The number of aromatic nitrogens is 2. The van der Waals surface area contributed by atoms with Gasteiger partial charge in [0.1, 0.15) is 11.5 Å². The third-order valence-corrected chi connectivity index (χ3v) is 3.55. The number of nitrogens with zero attached hydrogens (tertiary/aromatic N) is 1. The van der Waals surface area contributed by atoms with Crippen molar-refractivity contribution in [2.24, 2.45) is 0 Å². The van der Waals surface area contributed by atoms with Gasteiger partial charge in [-0.05, 0) is 29.8 Å². The normalized spacial score (nSPS) is 12.3. The first-order valence-corrected chi connectivity index (χ1v) is 7.25. The van der Waals surface area contributed by atoms with Crippen LogP contribution in [0.5, 0.6) is 0 Å². The zero-order valence-corrected chi connectivity index (χ0v) is 12.3. The molecule has 2 aromatic heterocycles. The largest absolute Gasteiger partial charge is 0.391 e. The van der Waals surface area contributed by atoms with Crippen molar-refractivity contribution in [1.29, 1.82) is 0 Å². The van der Waals surface area contributed by atoms with Crippen LogP contribution in [0.4, 0.5) is 4.39 Å². The van der Waals surface area contributed by atoms with Crippen LogP contribution in [-0.4, -0.2) is 33.6 Å². The monoisotopic (exact) mass is 313 g/mol. The molecule has 0 saturated heterocycles. The van der Waals surface area contributed by atoms with E-state index in [4.69, 9.17) is 0 Å². The number of benzene rings is 1. The molecule has 23 heavy (non-hydrogen) atoms. The molecule has 0 spiro atoms. The minimum Gasteiger partial charge on any atom is -0.391 e. The molecule has 5 nitrogen and oxygen atoms in total. The van der Waals surface area contributed by atoms with E-state index in [1.54, 1.807) is 24.4 Å². The number of fused-ring (bicyclic) bond motifs is 1. The second-order valence-electron chi connectivity index (χ2n) is 5.33. The van der Waals surface area contributed by atoms with Crippen molar-refractivity contribution in [2.45, 2.75) is 12.5 Å². The van der Waals surface area contributed by atoms with Gasteiger partial charge in [-0.15, -0.1) is 0 Å². The summed E-state index contributed by atoms with van der Waals surface area (Å²) in [6, 6.07) is 9.49. The summed E-state index contributed by atoms with van der Waals surface area (Å²) in [6.07, 6.45) is 2.84. The summed E-state index contributed by atoms with van der Waals surface area (Å²) in [5, 5.41) is 13.5. The maximum absolute atomic E-state index is 12.8. The summed E-state index contributed by atoms with van der Waals surface area (Å²) in [4.78, 5) is 19.2. The highest BCUT2D eigenvalue weighted by atomic mass is 19.1. The molecule has 118 valence electrons. The molecule has 6 heteroatoms. The van der Waals surface area contributed by atoms with Crippen molar-refractivity contribution in [1.82, 2.24) is 15.3 Å². The number of carbonyl (C=O) groups excluding carboxylic acids is 1. The molecule has 0 saturated carbocycles. The Morgan fingerprint density at radius 3 is 2.87 bits per heavy atom. The first-order valence-electron chi connectivity index (χ1n) is 7.25. The van der Waals surface area contributed by atoms with Crippen molar-refractivity contribution in [3.8, 4) is 0 Å². The molecule has 3 rings (SSSR count). The molecule has 1 amide bonds. The van der Waals surface area contributed by atoms with Crippen molar-refractivity contribution in [2.75, 3.05) is 6.54 Å². The van der Waals surface area contributed by atoms with Crippen molar-refractivity contribution in [3.63, 3.8) is 0 Å². The summed E-state index contributed by atoms with van der Waals surface area (Å²) < 4.78 is 12.8. The van der Waals surface area contributed by atoms with Crippen LogP contribution in [0.15, 0.2) is 48.8 Å². The molecular weight excluding hydrogens is 297 g/mol. The van der Waals surface area contributed by atoms with Crippen molar-refractivity contribution < 1.29 is 14.3 Å². The summed E-state index contributed by atoms with van der Waals surface area (Å²) in [5.74, 6) is -0.608. The number of pyridine rings is 1. The zero-order chi connectivity index (χ0) is 16.2. The van der Waals surface area contributed by atoms with Gasteiger partial charge in [0.15, 0.2) is 0 Å². The van der Waals surface area contributed by atoms with E-state index in [0.29, 0.717) is 12.0 Å². The average molecular weight is 313 g/mol. The van der Waals surface area contributed by atoms with E-state index >= 15 is 0 Å². The van der Waals surface area contributed by atoms with Crippen LogP contribution in [0.2, 0.25) is 0 Å². The van der Waals surface area contributed by atoms with E-state index in [1.807, 2.05) is 6.07 Å². The van der Waals surface area contributed by atoms with Gasteiger partial charge in [-0.2, -0.15) is 0 Å². The van der Waals surface area contributed by atoms with Crippen LogP contribution >= 0.6 is 0 Å². The molecule has 1 aromatic carbocycles. The third-order valence-electron chi connectivity index (χ3n) is 3.55. The topological polar surface area (TPSA) is 78.0 Å². The quantitative estimate of drug-likeness (QED) is 0.674. The highest BCUT2D eigenvalue weighted by molar-refractivity contribution is 5.96. The molecule has 2 heterocycles. The summed E-state index contributed by atoms with van der Waals surface area (Å²) >= 11 is 0. The van der Waals surface area contributed by atoms with E-state index in [1.165, 1.54) is 18.3 Å². The maximum atomic E-state index is 12.8. The number of nitrogens with one attached hydrogen (secondary N) is 2. The maximum Gasteiger partial charge on any atom is 0.252 e. The molecule has 0 aliphatic rings. The van der Waals surface area contributed by atoms with Gasteiger partial charge in [-0.25, -0.2) is 9.37 Å². The number of aromatic amines is 1. The van der Waals surface area contributed by atoms with Crippen LogP contribution in [0.1, 0.15) is 15.9 Å². The molecular formula is C17H16FN3O2. The van der Waals surface area contributed by atoms with Crippen LogP contribution in [0, 0.1) is 5.82 Å². The highest BCUT2D eigenvalue weighted by Gasteiger charge is 2.11. The van der Waals surface area contributed by atoms with Crippen molar-refractivity contribution in [3.05, 3.63) is 65.7 Å². The molecule has 3 aromatic rings. The van der Waals surface area contributed by atoms with Gasteiger partial charge >= 0.3 is 0 Å². The lowest BCUT2D eigenvalue weighted by molar-refractivity contribution is 0.0916. The van der Waals surface area contributed by atoms with Crippen LogP contribution < -0.4 is 5.32 Å². The molecule has 1 atom stereocenters. The minimum absolute atomic E-state index is 0.112. The van der Waals surface area contributed by atoms with Gasteiger partial charge in [0.25, 0.3) is 5.91 Å². The first kappa shape index (κ1) is 15.2. The second-order valence-corrected chi connectivity index (χ2v) is 5.33. The zero-order valence-electron chi connectivity index (χ0n) is 12.3. The predicted molar refractivity (Wildman–Crippen MR) is 84.5 cm³/mol. The molecule has 3 N–H and O–H groups in total. The van der Waals surface area contributed by atoms with E-state index in [-0.39, 0.29) is 18.3 Å². The lowest BCUT2D eigenvalue weighted by atomic mass is 10.1. The van der Waals surface area contributed by atoms with Gasteiger partial charge in [-0.1, -0.05) is 12.1 Å². The van der Waals surface area contributed by atoms with E-state index in [0.717, 1.165) is 16.6 Å². The molecule has 0 fully saturated rings. The Balaban J connectivity index is 1.56. The van der Waals surface area contributed by atoms with E-state index < -0.39 is 6.10 Å². The first-order chi connectivity index (χ1) is 11.1. The number of halogens is 1. The number of amides is 1. The van der Waals surface area contributed by atoms with Gasteiger partial charge in [0.2, 0.25) is 0 Å². The summed E-state index contributed by atoms with van der Waals surface area (Å²) in [7, 11) is 0. The average Bonchev–Trinajstić information content (AvgIpc) is 3.02. The predicted octanol–water partition coefficient (Wildman–Crippen LogP) is 2.04. The molecule has 0 bridgehead atoms. The molecule has 1 unspecified atom stereocenters. The molecule has 0 aliphatic heterocycles. The van der Waals surface area contributed by atoms with Crippen LogP contribution in [-0.2, 0) is 6.42 Å². The van der Waals surface area contributed by atoms with Gasteiger partial charge in [-0.3, -0.25) is 4.79 Å². The Labute approximate surface area is 132 Å². The van der Waals surface area contributed by atoms with Crippen molar-refractivity contribution >= 4 is 16.9 Å². The Kier molecular flexibility index (Phi) is 4.34. The fraction of sp³-hybridized carbons (Fsp3) is 0.176. The highest BCUT2D eigenvalue weighted by Crippen LogP contribution is 2.11. The van der Waals surface area contributed by atoms with E-state index in [9.17, 15) is 14.3 Å². The Morgan fingerprint density at radius 1 is 1.30 bits per heavy atom. The fourth-order valence-electron chi connectivity index (χ4n) is 2.34. The van der Waals surface area contributed by atoms with Gasteiger partial charge in [0.05, 0.1) is 11.7 Å². The summed E-state index contributed by atoms with van der Waals surface area (Å²) in [5.41, 5.74) is 1.97. The number of H-pyrrole nitrogens is 1. The lowest BCUT2D eigenvalue weighted by Crippen LogP contribution is -2.33. The molecule has 0 radical (unpaired) electrons.